The molecule has 2 aromatic carbocycles. The van der Waals surface area contributed by atoms with Crippen LogP contribution in [-0.2, 0) is 0 Å². The van der Waals surface area contributed by atoms with Gasteiger partial charge in [0.25, 0.3) is 5.91 Å². The van der Waals surface area contributed by atoms with Crippen LogP contribution in [0.5, 0.6) is 0 Å². The molecule has 0 bridgehead atoms. The van der Waals surface area contributed by atoms with Gasteiger partial charge < -0.3 is 4.90 Å². The molecule has 0 aliphatic carbocycles. The topological polar surface area (TPSA) is 20.3 Å². The van der Waals surface area contributed by atoms with Gasteiger partial charge in [-0.3, -0.25) is 4.79 Å². The van der Waals surface area contributed by atoms with Crippen molar-refractivity contribution in [2.75, 3.05) is 13.1 Å². The van der Waals surface area contributed by atoms with Crippen LogP contribution in [0.3, 0.4) is 0 Å². The Balaban J connectivity index is 1.74. The van der Waals surface area contributed by atoms with Crippen LogP contribution < -0.4 is 0 Å². The zero-order chi connectivity index (χ0) is 14.8. The summed E-state index contributed by atoms with van der Waals surface area (Å²) < 4.78 is 0.993. The van der Waals surface area contributed by atoms with Crippen molar-refractivity contribution in [1.29, 1.82) is 0 Å². The third-order valence-electron chi connectivity index (χ3n) is 4.17. The minimum atomic E-state index is 0.133. The Morgan fingerprint density at radius 3 is 2.67 bits per heavy atom. The minimum Gasteiger partial charge on any atom is -0.338 e. The molecule has 0 radical (unpaired) electrons. The van der Waals surface area contributed by atoms with Gasteiger partial charge in [0.05, 0.1) is 0 Å². The third kappa shape index (κ3) is 3.03. The van der Waals surface area contributed by atoms with E-state index in [9.17, 15) is 4.79 Å². The summed E-state index contributed by atoms with van der Waals surface area (Å²) in [5.41, 5.74) is 3.24. The number of aryl methyl sites for hydroxylation is 1. The Morgan fingerprint density at radius 2 is 1.95 bits per heavy atom. The van der Waals surface area contributed by atoms with E-state index in [2.05, 4.69) is 40.2 Å². The van der Waals surface area contributed by atoms with Gasteiger partial charge in [-0.1, -0.05) is 52.3 Å². The molecule has 0 N–H and O–H groups in total. The van der Waals surface area contributed by atoms with Crippen LogP contribution in [0.15, 0.2) is 53.0 Å². The first kappa shape index (κ1) is 14.3. The van der Waals surface area contributed by atoms with Crippen molar-refractivity contribution in [3.05, 3.63) is 69.7 Å². The van der Waals surface area contributed by atoms with Gasteiger partial charge in [0.15, 0.2) is 0 Å². The van der Waals surface area contributed by atoms with Gasteiger partial charge in [-0.25, -0.2) is 0 Å². The first-order valence-corrected chi connectivity index (χ1v) is 8.05. The van der Waals surface area contributed by atoms with Crippen molar-refractivity contribution < 1.29 is 4.79 Å². The smallest absolute Gasteiger partial charge is 0.253 e. The SMILES string of the molecule is Cc1ccc(C(=O)N2CCC(c3ccccc3)C2)cc1Br. The Kier molecular flexibility index (Phi) is 4.11. The van der Waals surface area contributed by atoms with Crippen LogP contribution in [0, 0.1) is 6.92 Å². The lowest BCUT2D eigenvalue weighted by atomic mass is 9.99. The second-order valence-corrected chi connectivity index (χ2v) is 6.47. The number of hydrogen-bond donors (Lipinski definition) is 0. The van der Waals surface area contributed by atoms with Gasteiger partial charge in [-0.2, -0.15) is 0 Å². The molecule has 21 heavy (non-hydrogen) atoms. The number of halogens is 1. The van der Waals surface area contributed by atoms with Crippen LogP contribution >= 0.6 is 15.9 Å². The van der Waals surface area contributed by atoms with Gasteiger partial charge in [0.1, 0.15) is 0 Å². The Bertz CT molecular complexity index is 654. The maximum absolute atomic E-state index is 12.6. The highest BCUT2D eigenvalue weighted by Gasteiger charge is 2.27. The molecular weight excluding hydrogens is 326 g/mol. The molecule has 1 unspecified atom stereocenters. The largest absolute Gasteiger partial charge is 0.338 e. The second-order valence-electron chi connectivity index (χ2n) is 5.61. The van der Waals surface area contributed by atoms with Gasteiger partial charge in [-0.15, -0.1) is 0 Å². The molecule has 2 aromatic rings. The summed E-state index contributed by atoms with van der Waals surface area (Å²) in [7, 11) is 0. The molecule has 1 aliphatic heterocycles. The van der Waals surface area contributed by atoms with Crippen LogP contribution in [0.2, 0.25) is 0 Å². The molecule has 1 saturated heterocycles. The molecule has 1 atom stereocenters. The minimum absolute atomic E-state index is 0.133. The zero-order valence-electron chi connectivity index (χ0n) is 12.1. The van der Waals surface area contributed by atoms with Crippen molar-refractivity contribution in [1.82, 2.24) is 4.90 Å². The number of likely N-dealkylation sites (tertiary alicyclic amines) is 1. The number of hydrogen-bond acceptors (Lipinski definition) is 1. The summed E-state index contributed by atoms with van der Waals surface area (Å²) in [5, 5.41) is 0. The van der Waals surface area contributed by atoms with Crippen molar-refractivity contribution >= 4 is 21.8 Å². The van der Waals surface area contributed by atoms with Crippen LogP contribution in [-0.4, -0.2) is 23.9 Å². The fourth-order valence-electron chi connectivity index (χ4n) is 2.85. The number of benzene rings is 2. The molecule has 0 saturated carbocycles. The maximum Gasteiger partial charge on any atom is 0.253 e. The van der Waals surface area contributed by atoms with Crippen LogP contribution in [0.25, 0.3) is 0 Å². The van der Waals surface area contributed by atoms with Gasteiger partial charge in [-0.05, 0) is 36.6 Å². The average molecular weight is 344 g/mol. The van der Waals surface area contributed by atoms with E-state index >= 15 is 0 Å². The summed E-state index contributed by atoms with van der Waals surface area (Å²) >= 11 is 3.50. The van der Waals surface area contributed by atoms with E-state index in [4.69, 9.17) is 0 Å². The lowest BCUT2D eigenvalue weighted by molar-refractivity contribution is 0.0790. The summed E-state index contributed by atoms with van der Waals surface area (Å²) in [5.74, 6) is 0.596. The van der Waals surface area contributed by atoms with Crippen molar-refractivity contribution in [3.63, 3.8) is 0 Å². The lowest BCUT2D eigenvalue weighted by Gasteiger charge is -2.17. The number of amides is 1. The van der Waals surface area contributed by atoms with Crippen molar-refractivity contribution in [2.24, 2.45) is 0 Å². The molecule has 3 rings (SSSR count). The second kappa shape index (κ2) is 6.02. The fraction of sp³-hybridized carbons (Fsp3) is 0.278. The van der Waals surface area contributed by atoms with E-state index in [-0.39, 0.29) is 5.91 Å². The number of carbonyl (C=O) groups excluding carboxylic acids is 1. The Hall–Kier alpha value is -1.61. The van der Waals surface area contributed by atoms with E-state index in [0.717, 1.165) is 35.1 Å². The number of rotatable bonds is 2. The van der Waals surface area contributed by atoms with Crippen LogP contribution in [0.4, 0.5) is 0 Å². The molecule has 0 aromatic heterocycles. The standard InChI is InChI=1S/C18H18BrNO/c1-13-7-8-15(11-17(13)19)18(21)20-10-9-16(12-20)14-5-3-2-4-6-14/h2-8,11,16H,9-10,12H2,1H3. The summed E-state index contributed by atoms with van der Waals surface area (Å²) in [6, 6.07) is 16.3. The first-order valence-electron chi connectivity index (χ1n) is 7.25. The van der Waals surface area contributed by atoms with Gasteiger partial charge in [0.2, 0.25) is 0 Å². The third-order valence-corrected chi connectivity index (χ3v) is 5.02. The highest BCUT2D eigenvalue weighted by Crippen LogP contribution is 2.28. The fourth-order valence-corrected chi connectivity index (χ4v) is 3.23. The molecule has 0 spiro atoms. The van der Waals surface area contributed by atoms with Gasteiger partial charge in [0, 0.05) is 29.0 Å². The first-order chi connectivity index (χ1) is 10.1. The van der Waals surface area contributed by atoms with E-state index in [1.807, 2.05) is 36.1 Å². The van der Waals surface area contributed by atoms with Gasteiger partial charge >= 0.3 is 0 Å². The average Bonchev–Trinajstić information content (AvgIpc) is 3.00. The van der Waals surface area contributed by atoms with E-state index in [0.29, 0.717) is 5.92 Å². The molecule has 2 nitrogen and oxygen atoms in total. The Morgan fingerprint density at radius 1 is 1.19 bits per heavy atom. The predicted octanol–water partition coefficient (Wildman–Crippen LogP) is 4.39. The lowest BCUT2D eigenvalue weighted by Crippen LogP contribution is -2.28. The molecular formula is C18H18BrNO. The van der Waals surface area contributed by atoms with E-state index < -0.39 is 0 Å². The van der Waals surface area contributed by atoms with E-state index in [1.54, 1.807) is 0 Å². The molecule has 1 fully saturated rings. The summed E-state index contributed by atoms with van der Waals surface area (Å²) in [4.78, 5) is 14.6. The summed E-state index contributed by atoms with van der Waals surface area (Å²) in [6.07, 6.45) is 1.04. The van der Waals surface area contributed by atoms with E-state index in [1.165, 1.54) is 5.56 Å². The molecule has 1 aliphatic rings. The van der Waals surface area contributed by atoms with Crippen molar-refractivity contribution in [3.8, 4) is 0 Å². The van der Waals surface area contributed by atoms with Crippen LogP contribution in [0.1, 0.15) is 33.8 Å². The number of nitrogens with zero attached hydrogens (tertiary/aromatic N) is 1. The highest BCUT2D eigenvalue weighted by molar-refractivity contribution is 9.10. The number of carbonyl (C=O) groups is 1. The summed E-state index contributed by atoms with van der Waals surface area (Å²) in [6.45, 7) is 3.68. The van der Waals surface area contributed by atoms with Crippen molar-refractivity contribution in [2.45, 2.75) is 19.3 Å². The molecule has 108 valence electrons. The quantitative estimate of drug-likeness (QED) is 0.791. The Labute approximate surface area is 133 Å². The molecule has 1 heterocycles. The molecule has 3 heteroatoms. The maximum atomic E-state index is 12.6. The monoisotopic (exact) mass is 343 g/mol. The zero-order valence-corrected chi connectivity index (χ0v) is 13.6. The normalized spacial score (nSPS) is 18.0. The predicted molar refractivity (Wildman–Crippen MR) is 88.6 cm³/mol. The molecule has 1 amide bonds. The highest BCUT2D eigenvalue weighted by atomic mass is 79.9.